The number of fused-ring (bicyclic) bond motifs is 1. The summed E-state index contributed by atoms with van der Waals surface area (Å²) in [4.78, 5) is 17.1. The van der Waals surface area contributed by atoms with E-state index in [1.807, 2.05) is 29.7 Å². The molecular formula is C21H18FN5OS. The van der Waals surface area contributed by atoms with E-state index in [1.165, 1.54) is 17.8 Å². The number of nitrogens with zero attached hydrogens (tertiary/aromatic N) is 5. The maximum Gasteiger partial charge on any atom is 0.258 e. The molecule has 1 aliphatic rings. The predicted octanol–water partition coefficient (Wildman–Crippen LogP) is 4.03. The van der Waals surface area contributed by atoms with Crippen LogP contribution >= 0.6 is 11.8 Å². The summed E-state index contributed by atoms with van der Waals surface area (Å²) in [6.45, 7) is 1.88. The average molecular weight is 407 g/mol. The van der Waals surface area contributed by atoms with Crippen LogP contribution in [-0.2, 0) is 5.75 Å². The highest BCUT2D eigenvalue weighted by molar-refractivity contribution is 7.98. The first kappa shape index (κ1) is 18.1. The maximum absolute atomic E-state index is 14.3. The topological polar surface area (TPSA) is 65.1 Å². The van der Waals surface area contributed by atoms with Crippen LogP contribution in [0.3, 0.4) is 0 Å². The summed E-state index contributed by atoms with van der Waals surface area (Å²) < 4.78 is 17.9. The smallest absolute Gasteiger partial charge is 0.258 e. The summed E-state index contributed by atoms with van der Waals surface area (Å²) in [6.07, 6.45) is 2.06. The van der Waals surface area contributed by atoms with Gasteiger partial charge in [0, 0.05) is 23.6 Å². The number of thioether (sulfide) groups is 1. The average Bonchev–Trinajstić information content (AvgIpc) is 3.46. The maximum atomic E-state index is 14.3. The van der Waals surface area contributed by atoms with Crippen LogP contribution in [0.4, 0.5) is 4.39 Å². The molecule has 0 unspecified atom stereocenters. The first-order valence-corrected chi connectivity index (χ1v) is 10.4. The van der Waals surface area contributed by atoms with Gasteiger partial charge in [-0.15, -0.1) is 10.2 Å². The second-order valence-electron chi connectivity index (χ2n) is 7.12. The van der Waals surface area contributed by atoms with Crippen molar-refractivity contribution in [1.82, 2.24) is 24.1 Å². The van der Waals surface area contributed by atoms with Crippen molar-refractivity contribution in [1.29, 1.82) is 0 Å². The Kier molecular flexibility index (Phi) is 4.43. The largest absolute Gasteiger partial charge is 0.299 e. The Labute approximate surface area is 170 Å². The van der Waals surface area contributed by atoms with Crippen LogP contribution in [0.15, 0.2) is 58.5 Å². The lowest BCUT2D eigenvalue weighted by molar-refractivity contribution is 0.622. The molecule has 6 nitrogen and oxygen atoms in total. The zero-order valence-corrected chi connectivity index (χ0v) is 16.6. The highest BCUT2D eigenvalue weighted by atomic mass is 32.2. The second-order valence-corrected chi connectivity index (χ2v) is 8.06. The minimum Gasteiger partial charge on any atom is -0.299 e. The van der Waals surface area contributed by atoms with E-state index < -0.39 is 0 Å². The van der Waals surface area contributed by atoms with E-state index in [2.05, 4.69) is 15.2 Å². The van der Waals surface area contributed by atoms with Gasteiger partial charge in [0.25, 0.3) is 5.56 Å². The number of hydrogen-bond acceptors (Lipinski definition) is 5. The third-order valence-electron chi connectivity index (χ3n) is 4.97. The van der Waals surface area contributed by atoms with Crippen LogP contribution in [0, 0.1) is 12.7 Å². The number of aromatic nitrogens is 5. The van der Waals surface area contributed by atoms with Gasteiger partial charge in [0.05, 0.1) is 11.3 Å². The summed E-state index contributed by atoms with van der Waals surface area (Å²) in [7, 11) is 0. The van der Waals surface area contributed by atoms with Gasteiger partial charge >= 0.3 is 0 Å². The molecule has 0 radical (unpaired) electrons. The van der Waals surface area contributed by atoms with Crippen molar-refractivity contribution < 1.29 is 4.39 Å². The Morgan fingerprint density at radius 1 is 1.14 bits per heavy atom. The Morgan fingerprint density at radius 2 is 1.97 bits per heavy atom. The van der Waals surface area contributed by atoms with Crippen molar-refractivity contribution in [2.45, 2.75) is 36.7 Å². The summed E-state index contributed by atoms with van der Waals surface area (Å²) in [5.74, 6) is 0.732. The third-order valence-corrected chi connectivity index (χ3v) is 5.95. The van der Waals surface area contributed by atoms with Gasteiger partial charge < -0.3 is 0 Å². The highest BCUT2D eigenvalue weighted by Gasteiger charge is 2.31. The van der Waals surface area contributed by atoms with E-state index in [-0.39, 0.29) is 11.4 Å². The molecular weight excluding hydrogens is 389 g/mol. The van der Waals surface area contributed by atoms with E-state index in [1.54, 1.807) is 28.7 Å². The lowest BCUT2D eigenvalue weighted by Crippen LogP contribution is -2.17. The normalized spacial score (nSPS) is 13.9. The van der Waals surface area contributed by atoms with Gasteiger partial charge in [-0.25, -0.2) is 9.37 Å². The molecule has 3 heterocycles. The first-order valence-electron chi connectivity index (χ1n) is 9.43. The van der Waals surface area contributed by atoms with Crippen molar-refractivity contribution in [3.05, 3.63) is 76.1 Å². The molecule has 4 aromatic rings. The first-order chi connectivity index (χ1) is 14.1. The van der Waals surface area contributed by atoms with Crippen LogP contribution in [0.25, 0.3) is 17.0 Å². The molecule has 8 heteroatoms. The number of pyridine rings is 1. The van der Waals surface area contributed by atoms with E-state index in [4.69, 9.17) is 0 Å². The van der Waals surface area contributed by atoms with Crippen LogP contribution in [0.1, 0.15) is 30.3 Å². The van der Waals surface area contributed by atoms with Crippen molar-refractivity contribution in [3.63, 3.8) is 0 Å². The number of halogens is 1. The van der Waals surface area contributed by atoms with Gasteiger partial charge in [0.15, 0.2) is 11.0 Å². The molecule has 1 fully saturated rings. The van der Waals surface area contributed by atoms with Crippen molar-refractivity contribution in [2.24, 2.45) is 0 Å². The molecule has 1 saturated carbocycles. The standard InChI is InChI=1S/C21H18FN5OS/c1-13-5-4-8-18-23-14(11-19(28)26(13)18)12-29-21-25-24-20(27(21)15-9-10-15)16-6-2-3-7-17(16)22/h2-8,11,15H,9-10,12H2,1H3. The molecule has 1 aliphatic carbocycles. The quantitative estimate of drug-likeness (QED) is 0.468. The van der Waals surface area contributed by atoms with Crippen molar-refractivity contribution >= 4 is 17.4 Å². The van der Waals surface area contributed by atoms with Gasteiger partial charge in [-0.2, -0.15) is 0 Å². The van der Waals surface area contributed by atoms with E-state index in [9.17, 15) is 9.18 Å². The summed E-state index contributed by atoms with van der Waals surface area (Å²) in [5, 5.41) is 9.29. The lowest BCUT2D eigenvalue weighted by Gasteiger charge is -2.10. The zero-order chi connectivity index (χ0) is 20.0. The molecule has 5 rings (SSSR count). The van der Waals surface area contributed by atoms with Crippen LogP contribution < -0.4 is 5.56 Å². The van der Waals surface area contributed by atoms with E-state index >= 15 is 0 Å². The summed E-state index contributed by atoms with van der Waals surface area (Å²) >= 11 is 1.47. The fraction of sp³-hybridized carbons (Fsp3) is 0.238. The third kappa shape index (κ3) is 3.33. The Morgan fingerprint density at radius 3 is 2.76 bits per heavy atom. The van der Waals surface area contributed by atoms with Crippen LogP contribution in [-0.4, -0.2) is 24.1 Å². The van der Waals surface area contributed by atoms with Crippen molar-refractivity contribution in [2.75, 3.05) is 0 Å². The molecule has 0 saturated heterocycles. The molecule has 0 aliphatic heterocycles. The van der Waals surface area contributed by atoms with Crippen LogP contribution in [0.2, 0.25) is 0 Å². The second kappa shape index (κ2) is 7.11. The number of rotatable bonds is 5. The minimum atomic E-state index is -0.307. The van der Waals surface area contributed by atoms with E-state index in [0.717, 1.165) is 23.7 Å². The van der Waals surface area contributed by atoms with Gasteiger partial charge in [0.2, 0.25) is 0 Å². The zero-order valence-electron chi connectivity index (χ0n) is 15.7. The molecule has 29 heavy (non-hydrogen) atoms. The molecule has 0 bridgehead atoms. The number of aryl methyl sites for hydroxylation is 1. The minimum absolute atomic E-state index is 0.0978. The molecule has 0 spiro atoms. The summed E-state index contributed by atoms with van der Waals surface area (Å²) in [5.41, 5.74) is 2.52. The molecule has 0 amide bonds. The van der Waals surface area contributed by atoms with Crippen molar-refractivity contribution in [3.8, 4) is 11.4 Å². The van der Waals surface area contributed by atoms with Crippen LogP contribution in [0.5, 0.6) is 0 Å². The van der Waals surface area contributed by atoms with Gasteiger partial charge in [0.1, 0.15) is 11.5 Å². The molecule has 3 aromatic heterocycles. The Hall–Kier alpha value is -3.00. The van der Waals surface area contributed by atoms with Gasteiger partial charge in [-0.05, 0) is 44.0 Å². The highest BCUT2D eigenvalue weighted by Crippen LogP contribution is 2.41. The Balaban J connectivity index is 1.47. The fourth-order valence-electron chi connectivity index (χ4n) is 3.44. The molecule has 1 aromatic carbocycles. The number of benzene rings is 1. The SMILES string of the molecule is Cc1cccc2nc(CSc3nnc(-c4ccccc4F)n3C3CC3)cc(=O)n12. The molecule has 0 N–H and O–H groups in total. The number of hydrogen-bond donors (Lipinski definition) is 0. The fourth-order valence-corrected chi connectivity index (χ4v) is 4.34. The Bertz CT molecular complexity index is 1280. The molecule has 0 atom stereocenters. The summed E-state index contributed by atoms with van der Waals surface area (Å²) in [6, 6.07) is 14.1. The van der Waals surface area contributed by atoms with Gasteiger partial charge in [-0.1, -0.05) is 30.0 Å². The van der Waals surface area contributed by atoms with Gasteiger partial charge in [-0.3, -0.25) is 13.8 Å². The molecule has 146 valence electrons. The monoisotopic (exact) mass is 407 g/mol. The lowest BCUT2D eigenvalue weighted by atomic mass is 10.2. The predicted molar refractivity (Wildman–Crippen MR) is 109 cm³/mol. The van der Waals surface area contributed by atoms with E-state index in [0.29, 0.717) is 34.5 Å².